The lowest BCUT2D eigenvalue weighted by Crippen LogP contribution is -2.26. The van der Waals surface area contributed by atoms with Crippen LogP contribution in [-0.2, 0) is 6.42 Å². The van der Waals surface area contributed by atoms with E-state index in [2.05, 4.69) is 15.6 Å². The van der Waals surface area contributed by atoms with Crippen LogP contribution < -0.4 is 15.4 Å². The van der Waals surface area contributed by atoms with Crippen molar-refractivity contribution in [2.75, 3.05) is 19.0 Å². The maximum atomic E-state index is 13.0. The summed E-state index contributed by atoms with van der Waals surface area (Å²) in [5.41, 5.74) is 2.00. The summed E-state index contributed by atoms with van der Waals surface area (Å²) in [7, 11) is 1.60. The third kappa shape index (κ3) is 5.62. The summed E-state index contributed by atoms with van der Waals surface area (Å²) in [6, 6.07) is 14.5. The number of carbonyl (C=O) groups is 2. The molecule has 0 aliphatic carbocycles. The average molecular weight is 393 g/mol. The number of aromatic nitrogens is 1. The Morgan fingerprint density at radius 3 is 2.45 bits per heavy atom. The minimum Gasteiger partial charge on any atom is -0.497 e. The van der Waals surface area contributed by atoms with Gasteiger partial charge in [0, 0.05) is 24.6 Å². The summed E-state index contributed by atoms with van der Waals surface area (Å²) in [6.45, 7) is 0.429. The Kier molecular flexibility index (Phi) is 6.52. The summed E-state index contributed by atoms with van der Waals surface area (Å²) in [5, 5.41) is 5.45. The van der Waals surface area contributed by atoms with Gasteiger partial charge in [0.05, 0.1) is 18.2 Å². The van der Waals surface area contributed by atoms with Crippen LogP contribution >= 0.6 is 0 Å². The molecule has 2 amide bonds. The number of anilines is 1. The van der Waals surface area contributed by atoms with Gasteiger partial charge in [-0.3, -0.25) is 14.6 Å². The Hall–Kier alpha value is -3.74. The lowest BCUT2D eigenvalue weighted by molar-refractivity contribution is 0.0953. The van der Waals surface area contributed by atoms with Crippen LogP contribution in [0.3, 0.4) is 0 Å². The number of methoxy groups -OCH3 is 1. The van der Waals surface area contributed by atoms with Crippen molar-refractivity contribution in [1.29, 1.82) is 0 Å². The molecule has 1 heterocycles. The van der Waals surface area contributed by atoms with Gasteiger partial charge in [0.25, 0.3) is 11.8 Å². The molecule has 7 heteroatoms. The van der Waals surface area contributed by atoms with Crippen LogP contribution in [0.2, 0.25) is 0 Å². The van der Waals surface area contributed by atoms with Crippen molar-refractivity contribution in [3.63, 3.8) is 0 Å². The van der Waals surface area contributed by atoms with E-state index >= 15 is 0 Å². The van der Waals surface area contributed by atoms with E-state index in [-0.39, 0.29) is 17.0 Å². The first-order chi connectivity index (χ1) is 14.0. The van der Waals surface area contributed by atoms with Gasteiger partial charge in [-0.05, 0) is 54.4 Å². The summed E-state index contributed by atoms with van der Waals surface area (Å²) in [4.78, 5) is 28.7. The van der Waals surface area contributed by atoms with Gasteiger partial charge in [0.1, 0.15) is 11.6 Å². The minimum atomic E-state index is -0.435. The third-order valence-electron chi connectivity index (χ3n) is 4.20. The first-order valence-corrected chi connectivity index (χ1v) is 8.98. The maximum absolute atomic E-state index is 13.0. The Labute approximate surface area is 167 Å². The van der Waals surface area contributed by atoms with Crippen LogP contribution in [0.15, 0.2) is 67.0 Å². The molecule has 148 valence electrons. The highest BCUT2D eigenvalue weighted by molar-refractivity contribution is 6.05. The largest absolute Gasteiger partial charge is 0.497 e. The quantitative estimate of drug-likeness (QED) is 0.644. The summed E-state index contributed by atoms with van der Waals surface area (Å²) >= 11 is 0. The van der Waals surface area contributed by atoms with Gasteiger partial charge in [-0.25, -0.2) is 4.39 Å². The average Bonchev–Trinajstić information content (AvgIpc) is 2.75. The molecule has 0 bridgehead atoms. The number of hydrogen-bond acceptors (Lipinski definition) is 4. The second kappa shape index (κ2) is 9.45. The monoisotopic (exact) mass is 393 g/mol. The Bertz CT molecular complexity index is 1010. The molecule has 0 unspecified atom stereocenters. The van der Waals surface area contributed by atoms with Crippen molar-refractivity contribution in [1.82, 2.24) is 10.3 Å². The van der Waals surface area contributed by atoms with Crippen molar-refractivity contribution in [3.8, 4) is 5.75 Å². The van der Waals surface area contributed by atoms with Crippen LogP contribution in [0.4, 0.5) is 10.1 Å². The van der Waals surface area contributed by atoms with Crippen molar-refractivity contribution in [3.05, 3.63) is 89.5 Å². The van der Waals surface area contributed by atoms with E-state index in [1.54, 1.807) is 7.11 Å². The topological polar surface area (TPSA) is 80.3 Å². The zero-order valence-corrected chi connectivity index (χ0v) is 15.8. The predicted molar refractivity (Wildman–Crippen MR) is 108 cm³/mol. The molecule has 0 radical (unpaired) electrons. The number of pyridine rings is 1. The molecule has 2 N–H and O–H groups in total. The van der Waals surface area contributed by atoms with E-state index in [0.717, 1.165) is 11.3 Å². The number of nitrogens with one attached hydrogen (secondary N) is 2. The molecule has 6 nitrogen and oxygen atoms in total. The van der Waals surface area contributed by atoms with Gasteiger partial charge < -0.3 is 15.4 Å². The molecule has 2 aromatic carbocycles. The molecule has 0 aliphatic rings. The molecular weight excluding hydrogens is 373 g/mol. The van der Waals surface area contributed by atoms with E-state index in [1.165, 1.54) is 42.7 Å². The van der Waals surface area contributed by atoms with Crippen LogP contribution in [0.25, 0.3) is 0 Å². The van der Waals surface area contributed by atoms with Crippen LogP contribution in [0.5, 0.6) is 5.75 Å². The molecule has 3 aromatic rings. The van der Waals surface area contributed by atoms with Crippen molar-refractivity contribution in [2.24, 2.45) is 0 Å². The molecule has 3 rings (SSSR count). The number of hydrogen-bond donors (Lipinski definition) is 2. The highest BCUT2D eigenvalue weighted by Crippen LogP contribution is 2.13. The van der Waals surface area contributed by atoms with Crippen molar-refractivity contribution in [2.45, 2.75) is 6.42 Å². The zero-order chi connectivity index (χ0) is 20.6. The Morgan fingerprint density at radius 2 is 1.72 bits per heavy atom. The van der Waals surface area contributed by atoms with Crippen LogP contribution in [-0.4, -0.2) is 30.5 Å². The predicted octanol–water partition coefficient (Wildman–Crippen LogP) is 3.45. The Morgan fingerprint density at radius 1 is 1.00 bits per heavy atom. The first kappa shape index (κ1) is 20.0. The fourth-order valence-corrected chi connectivity index (χ4v) is 2.68. The lowest BCUT2D eigenvalue weighted by atomic mass is 10.1. The molecule has 0 fully saturated rings. The second-order valence-electron chi connectivity index (χ2n) is 6.28. The second-order valence-corrected chi connectivity index (χ2v) is 6.28. The number of nitrogens with zero attached hydrogens (tertiary/aromatic N) is 1. The SMILES string of the molecule is COc1cccc(CCNC(=O)c2cncc(C(=O)Nc3ccc(F)cc3)c2)c1. The number of carbonyl (C=O) groups excluding carboxylic acids is 2. The zero-order valence-electron chi connectivity index (χ0n) is 15.8. The molecule has 0 aliphatic heterocycles. The maximum Gasteiger partial charge on any atom is 0.257 e. The number of rotatable bonds is 7. The normalized spacial score (nSPS) is 10.3. The van der Waals surface area contributed by atoms with Gasteiger partial charge >= 0.3 is 0 Å². The van der Waals surface area contributed by atoms with E-state index in [4.69, 9.17) is 4.74 Å². The van der Waals surface area contributed by atoms with Crippen LogP contribution in [0.1, 0.15) is 26.3 Å². The van der Waals surface area contributed by atoms with Gasteiger partial charge in [-0.2, -0.15) is 0 Å². The number of benzene rings is 2. The molecule has 0 saturated carbocycles. The Balaban J connectivity index is 1.58. The summed E-state index contributed by atoms with van der Waals surface area (Å²) in [5.74, 6) is -0.387. The molecule has 0 saturated heterocycles. The standard InChI is InChI=1S/C22H20FN3O3/c1-29-20-4-2-3-15(11-20)9-10-25-21(27)16-12-17(14-24-13-16)22(28)26-19-7-5-18(23)6-8-19/h2-8,11-14H,9-10H2,1H3,(H,25,27)(H,26,28). The third-order valence-corrected chi connectivity index (χ3v) is 4.20. The minimum absolute atomic E-state index is 0.231. The molecule has 0 spiro atoms. The van der Waals surface area contributed by atoms with Gasteiger partial charge in [0.15, 0.2) is 0 Å². The molecular formula is C22H20FN3O3. The van der Waals surface area contributed by atoms with Gasteiger partial charge in [0.2, 0.25) is 0 Å². The van der Waals surface area contributed by atoms with E-state index in [9.17, 15) is 14.0 Å². The van der Waals surface area contributed by atoms with Crippen molar-refractivity contribution >= 4 is 17.5 Å². The lowest BCUT2D eigenvalue weighted by Gasteiger charge is -2.08. The summed E-state index contributed by atoms with van der Waals surface area (Å²) < 4.78 is 18.1. The first-order valence-electron chi connectivity index (χ1n) is 8.98. The fraction of sp³-hybridized carbons (Fsp3) is 0.136. The highest BCUT2D eigenvalue weighted by Gasteiger charge is 2.12. The van der Waals surface area contributed by atoms with E-state index < -0.39 is 11.7 Å². The van der Waals surface area contributed by atoms with Gasteiger partial charge in [-0.15, -0.1) is 0 Å². The van der Waals surface area contributed by atoms with Crippen LogP contribution in [0, 0.1) is 5.82 Å². The number of amides is 2. The molecule has 29 heavy (non-hydrogen) atoms. The molecule has 1 aromatic heterocycles. The summed E-state index contributed by atoms with van der Waals surface area (Å²) in [6.07, 6.45) is 3.41. The van der Waals surface area contributed by atoms with E-state index in [0.29, 0.717) is 18.7 Å². The molecule has 0 atom stereocenters. The number of ether oxygens (including phenoxy) is 1. The van der Waals surface area contributed by atoms with Gasteiger partial charge in [-0.1, -0.05) is 12.1 Å². The van der Waals surface area contributed by atoms with Crippen molar-refractivity contribution < 1.29 is 18.7 Å². The highest BCUT2D eigenvalue weighted by atomic mass is 19.1. The smallest absolute Gasteiger partial charge is 0.257 e. The number of halogens is 1. The fourth-order valence-electron chi connectivity index (χ4n) is 2.68. The van der Waals surface area contributed by atoms with E-state index in [1.807, 2.05) is 24.3 Å².